The molecule has 0 atom stereocenters. The Hall–Kier alpha value is -1.64. The highest BCUT2D eigenvalue weighted by Crippen LogP contribution is 2.10. The van der Waals surface area contributed by atoms with E-state index in [1.165, 1.54) is 6.92 Å². The summed E-state index contributed by atoms with van der Waals surface area (Å²) in [5, 5.41) is 2.61. The molecule has 0 spiro atoms. The van der Waals surface area contributed by atoms with E-state index in [1.807, 2.05) is 13.0 Å². The third-order valence-electron chi connectivity index (χ3n) is 1.65. The van der Waals surface area contributed by atoms with Crippen molar-refractivity contribution in [1.82, 2.24) is 4.98 Å². The molecule has 0 saturated heterocycles. The van der Waals surface area contributed by atoms with Gasteiger partial charge in [-0.05, 0) is 24.6 Å². The monoisotopic (exact) mass is 176 g/mol. The van der Waals surface area contributed by atoms with Crippen molar-refractivity contribution in [2.75, 3.05) is 5.32 Å². The van der Waals surface area contributed by atoms with Gasteiger partial charge in [-0.3, -0.25) is 4.79 Å². The Kier molecular flexibility index (Phi) is 2.80. The van der Waals surface area contributed by atoms with Gasteiger partial charge in [0, 0.05) is 12.6 Å². The van der Waals surface area contributed by atoms with Gasteiger partial charge < -0.3 is 5.32 Å². The molecule has 0 aliphatic carbocycles. The first kappa shape index (κ1) is 9.45. The van der Waals surface area contributed by atoms with Crippen molar-refractivity contribution in [3.8, 4) is 0 Å². The van der Waals surface area contributed by atoms with E-state index in [9.17, 15) is 4.79 Å². The second kappa shape index (κ2) is 3.85. The molecular weight excluding hydrogens is 164 g/mol. The zero-order valence-corrected chi connectivity index (χ0v) is 7.79. The third-order valence-corrected chi connectivity index (χ3v) is 1.65. The number of hydrogen-bond donors (Lipinski definition) is 1. The lowest BCUT2D eigenvalue weighted by molar-refractivity contribution is -0.114. The lowest BCUT2D eigenvalue weighted by Crippen LogP contribution is -2.07. The number of nitrogens with zero attached hydrogens (tertiary/aromatic N) is 1. The smallest absolute Gasteiger partial charge is 0.222 e. The van der Waals surface area contributed by atoms with Crippen LogP contribution in [0, 0.1) is 6.92 Å². The van der Waals surface area contributed by atoms with Crippen LogP contribution in [0.2, 0.25) is 0 Å². The summed E-state index contributed by atoms with van der Waals surface area (Å²) in [6.45, 7) is 6.99. The Balaban J connectivity index is 2.95. The largest absolute Gasteiger partial charge is 0.311 e. The number of pyridine rings is 1. The minimum absolute atomic E-state index is 0.113. The van der Waals surface area contributed by atoms with Gasteiger partial charge in [0.2, 0.25) is 5.91 Å². The van der Waals surface area contributed by atoms with E-state index in [1.54, 1.807) is 12.1 Å². The molecule has 0 radical (unpaired) electrons. The van der Waals surface area contributed by atoms with Crippen molar-refractivity contribution < 1.29 is 4.79 Å². The van der Waals surface area contributed by atoms with Gasteiger partial charge in [-0.25, -0.2) is 4.98 Å². The highest BCUT2D eigenvalue weighted by atomic mass is 16.1. The quantitative estimate of drug-likeness (QED) is 0.748. The summed E-state index contributed by atoms with van der Waals surface area (Å²) in [4.78, 5) is 14.9. The molecule has 68 valence electrons. The van der Waals surface area contributed by atoms with Crippen LogP contribution in [0.15, 0.2) is 18.7 Å². The fourth-order valence-corrected chi connectivity index (χ4v) is 1.04. The molecule has 1 heterocycles. The number of aromatic nitrogens is 1. The number of anilines is 1. The fraction of sp³-hybridized carbons (Fsp3) is 0.200. The molecule has 0 aliphatic heterocycles. The van der Waals surface area contributed by atoms with Gasteiger partial charge in [0.25, 0.3) is 0 Å². The Labute approximate surface area is 77.5 Å². The third kappa shape index (κ3) is 2.40. The van der Waals surface area contributed by atoms with Gasteiger partial charge in [0.1, 0.15) is 5.82 Å². The van der Waals surface area contributed by atoms with E-state index in [-0.39, 0.29) is 5.91 Å². The summed E-state index contributed by atoms with van der Waals surface area (Å²) in [5.41, 5.74) is 1.84. The number of rotatable bonds is 2. The Morgan fingerprint density at radius 2 is 2.31 bits per heavy atom. The van der Waals surface area contributed by atoms with Gasteiger partial charge in [-0.15, -0.1) is 0 Å². The summed E-state index contributed by atoms with van der Waals surface area (Å²) in [6.07, 6.45) is 1.74. The fourth-order valence-electron chi connectivity index (χ4n) is 1.04. The van der Waals surface area contributed by atoms with E-state index in [2.05, 4.69) is 16.9 Å². The van der Waals surface area contributed by atoms with Gasteiger partial charge in [-0.2, -0.15) is 0 Å². The number of aryl methyl sites for hydroxylation is 1. The average molecular weight is 176 g/mol. The predicted octanol–water partition coefficient (Wildman–Crippen LogP) is 1.99. The second-order valence-electron chi connectivity index (χ2n) is 2.76. The second-order valence-corrected chi connectivity index (χ2v) is 2.76. The highest BCUT2D eigenvalue weighted by molar-refractivity contribution is 5.87. The molecule has 1 N–H and O–H groups in total. The van der Waals surface area contributed by atoms with E-state index < -0.39 is 0 Å². The number of carbonyl (C=O) groups excluding carboxylic acids is 1. The van der Waals surface area contributed by atoms with Gasteiger partial charge in [-0.1, -0.05) is 12.7 Å². The molecule has 1 amide bonds. The summed E-state index contributed by atoms with van der Waals surface area (Å²) < 4.78 is 0. The molecular formula is C10H12N2O. The highest BCUT2D eigenvalue weighted by Gasteiger charge is 1.99. The summed E-state index contributed by atoms with van der Waals surface area (Å²) in [7, 11) is 0. The van der Waals surface area contributed by atoms with Gasteiger partial charge in [0.15, 0.2) is 0 Å². The van der Waals surface area contributed by atoms with Crippen LogP contribution in [0.5, 0.6) is 0 Å². The molecule has 0 bridgehead atoms. The first-order chi connectivity index (χ1) is 6.13. The number of hydrogen-bond acceptors (Lipinski definition) is 2. The molecule has 0 fully saturated rings. The lowest BCUT2D eigenvalue weighted by atomic mass is 10.2. The first-order valence-corrected chi connectivity index (χ1v) is 4.01. The first-order valence-electron chi connectivity index (χ1n) is 4.01. The van der Waals surface area contributed by atoms with Crippen LogP contribution in [-0.4, -0.2) is 10.9 Å². The number of amides is 1. The van der Waals surface area contributed by atoms with Crippen molar-refractivity contribution >= 4 is 17.8 Å². The van der Waals surface area contributed by atoms with E-state index in [0.717, 1.165) is 11.3 Å². The van der Waals surface area contributed by atoms with Crippen molar-refractivity contribution in [2.45, 2.75) is 13.8 Å². The predicted molar refractivity (Wildman–Crippen MR) is 53.4 cm³/mol. The normalized spacial score (nSPS) is 9.38. The van der Waals surface area contributed by atoms with Crippen LogP contribution in [-0.2, 0) is 4.79 Å². The van der Waals surface area contributed by atoms with Gasteiger partial charge >= 0.3 is 0 Å². The molecule has 1 aromatic heterocycles. The minimum Gasteiger partial charge on any atom is -0.311 e. The Morgan fingerprint density at radius 1 is 1.62 bits per heavy atom. The van der Waals surface area contributed by atoms with Crippen LogP contribution in [0.1, 0.15) is 18.2 Å². The van der Waals surface area contributed by atoms with Crippen LogP contribution in [0.4, 0.5) is 5.82 Å². The van der Waals surface area contributed by atoms with E-state index in [0.29, 0.717) is 5.82 Å². The molecule has 1 aromatic rings. The molecule has 3 nitrogen and oxygen atoms in total. The SMILES string of the molecule is C=Cc1ccc(NC(C)=O)nc1C. The van der Waals surface area contributed by atoms with E-state index >= 15 is 0 Å². The number of carbonyl (C=O) groups is 1. The maximum absolute atomic E-state index is 10.7. The average Bonchev–Trinajstić information content (AvgIpc) is 2.03. The van der Waals surface area contributed by atoms with Crippen molar-refractivity contribution in [2.24, 2.45) is 0 Å². The van der Waals surface area contributed by atoms with Crippen molar-refractivity contribution in [3.63, 3.8) is 0 Å². The molecule has 3 heteroatoms. The van der Waals surface area contributed by atoms with Crippen LogP contribution >= 0.6 is 0 Å². The zero-order valence-electron chi connectivity index (χ0n) is 7.79. The summed E-state index contributed by atoms with van der Waals surface area (Å²) in [5.74, 6) is 0.467. The molecule has 1 rings (SSSR count). The molecule has 0 unspecified atom stereocenters. The number of nitrogens with one attached hydrogen (secondary N) is 1. The maximum Gasteiger partial charge on any atom is 0.222 e. The lowest BCUT2D eigenvalue weighted by Gasteiger charge is -2.03. The van der Waals surface area contributed by atoms with Crippen molar-refractivity contribution in [3.05, 3.63) is 30.0 Å². The summed E-state index contributed by atoms with van der Waals surface area (Å²) in [6, 6.07) is 3.63. The minimum atomic E-state index is -0.113. The Bertz CT molecular complexity index is 345. The Morgan fingerprint density at radius 3 is 2.77 bits per heavy atom. The topological polar surface area (TPSA) is 42.0 Å². The molecule has 0 saturated carbocycles. The standard InChI is InChI=1S/C10H12N2O/c1-4-9-5-6-10(11-7(9)2)12-8(3)13/h4-6H,1H2,2-3H3,(H,11,12,13). The van der Waals surface area contributed by atoms with E-state index in [4.69, 9.17) is 0 Å². The molecule has 13 heavy (non-hydrogen) atoms. The maximum atomic E-state index is 10.7. The van der Waals surface area contributed by atoms with Crippen molar-refractivity contribution in [1.29, 1.82) is 0 Å². The molecule has 0 aliphatic rings. The van der Waals surface area contributed by atoms with Crippen LogP contribution in [0.25, 0.3) is 6.08 Å². The zero-order chi connectivity index (χ0) is 9.84. The van der Waals surface area contributed by atoms with Crippen LogP contribution < -0.4 is 5.32 Å². The van der Waals surface area contributed by atoms with Gasteiger partial charge in [0.05, 0.1) is 0 Å². The molecule has 0 aromatic carbocycles. The summed E-state index contributed by atoms with van der Waals surface area (Å²) >= 11 is 0. The van der Waals surface area contributed by atoms with Crippen LogP contribution in [0.3, 0.4) is 0 Å².